The third-order valence-electron chi connectivity index (χ3n) is 5.91. The van der Waals surface area contributed by atoms with Crippen LogP contribution in [0.25, 0.3) is 5.76 Å². The van der Waals surface area contributed by atoms with Crippen LogP contribution in [0.5, 0.6) is 5.75 Å². The van der Waals surface area contributed by atoms with Crippen molar-refractivity contribution in [2.45, 2.75) is 19.9 Å². The predicted octanol–water partition coefficient (Wildman–Crippen LogP) is 6.11. The second-order valence-electron chi connectivity index (χ2n) is 8.33. The molecule has 1 atom stereocenters. The number of halogens is 2. The number of aliphatic hydroxyl groups is 1. The van der Waals surface area contributed by atoms with Crippen molar-refractivity contribution in [3.05, 3.63) is 98.5 Å². The normalized spacial score (nSPS) is 16.7. The van der Waals surface area contributed by atoms with Gasteiger partial charge in [0.2, 0.25) is 0 Å². The van der Waals surface area contributed by atoms with E-state index in [9.17, 15) is 19.5 Å². The van der Waals surface area contributed by atoms with Crippen molar-refractivity contribution in [3.8, 4) is 5.75 Å². The topological polar surface area (TPSA) is 93.1 Å². The predicted molar refractivity (Wildman–Crippen MR) is 141 cm³/mol. The van der Waals surface area contributed by atoms with Gasteiger partial charge in [0.05, 0.1) is 40.9 Å². The molecule has 1 N–H and O–H groups in total. The molecule has 4 rings (SSSR count). The van der Waals surface area contributed by atoms with Gasteiger partial charge in [-0.25, -0.2) is 4.79 Å². The molecular weight excluding hydrogens is 517 g/mol. The first-order valence-electron chi connectivity index (χ1n) is 11.4. The van der Waals surface area contributed by atoms with Crippen LogP contribution in [0.1, 0.15) is 40.0 Å². The van der Waals surface area contributed by atoms with Crippen LogP contribution in [0.2, 0.25) is 10.0 Å². The molecule has 0 aromatic heterocycles. The highest BCUT2D eigenvalue weighted by molar-refractivity contribution is 6.52. The molecule has 0 spiro atoms. The highest BCUT2D eigenvalue weighted by Gasteiger charge is 2.47. The third kappa shape index (κ3) is 4.92. The van der Waals surface area contributed by atoms with Gasteiger partial charge in [0.1, 0.15) is 5.76 Å². The fraction of sp³-hybridized carbons (Fsp3) is 0.179. The zero-order chi connectivity index (χ0) is 26.9. The zero-order valence-corrected chi connectivity index (χ0v) is 21.8. The van der Waals surface area contributed by atoms with Crippen LogP contribution < -0.4 is 9.64 Å². The molecule has 7 nitrogen and oxygen atoms in total. The Hall–Kier alpha value is -3.81. The molecule has 0 saturated carbocycles. The number of anilines is 1. The van der Waals surface area contributed by atoms with Gasteiger partial charge in [0.25, 0.3) is 11.7 Å². The molecular formula is C28H23Cl2NO6. The number of methoxy groups -OCH3 is 1. The number of esters is 1. The average molecular weight is 540 g/mol. The number of aliphatic hydroxyl groups excluding tert-OH is 1. The van der Waals surface area contributed by atoms with Crippen molar-refractivity contribution < 1.29 is 29.0 Å². The van der Waals surface area contributed by atoms with E-state index in [1.807, 2.05) is 19.1 Å². The number of benzene rings is 3. The summed E-state index contributed by atoms with van der Waals surface area (Å²) in [6.07, 6.45) is 0. The second-order valence-corrected chi connectivity index (χ2v) is 9.14. The van der Waals surface area contributed by atoms with Crippen molar-refractivity contribution in [3.63, 3.8) is 0 Å². The highest BCUT2D eigenvalue weighted by Crippen LogP contribution is 2.44. The molecule has 0 bridgehead atoms. The average Bonchev–Trinajstić information content (AvgIpc) is 3.14. The van der Waals surface area contributed by atoms with E-state index >= 15 is 0 Å². The lowest BCUT2D eigenvalue weighted by molar-refractivity contribution is -0.132. The molecule has 3 aromatic rings. The summed E-state index contributed by atoms with van der Waals surface area (Å²) in [6, 6.07) is 15.3. The summed E-state index contributed by atoms with van der Waals surface area (Å²) in [7, 11) is 1.40. The number of hydrogen-bond donors (Lipinski definition) is 1. The number of carbonyl (C=O) groups excluding carboxylic acids is 3. The van der Waals surface area contributed by atoms with E-state index in [-0.39, 0.29) is 39.1 Å². The van der Waals surface area contributed by atoms with Gasteiger partial charge < -0.3 is 14.6 Å². The Morgan fingerprint density at radius 2 is 1.68 bits per heavy atom. The van der Waals surface area contributed by atoms with E-state index in [2.05, 4.69) is 0 Å². The Morgan fingerprint density at radius 1 is 1.00 bits per heavy atom. The molecule has 3 aromatic carbocycles. The molecule has 9 heteroatoms. The first kappa shape index (κ1) is 26.3. The minimum atomic E-state index is -0.989. The number of nitrogens with zero attached hydrogens (tertiary/aromatic N) is 1. The summed E-state index contributed by atoms with van der Waals surface area (Å²) in [5.74, 6) is -2.55. The molecule has 0 radical (unpaired) electrons. The van der Waals surface area contributed by atoms with E-state index < -0.39 is 29.5 Å². The largest absolute Gasteiger partial charge is 0.507 e. The number of rotatable bonds is 6. The van der Waals surface area contributed by atoms with Gasteiger partial charge in [-0.1, -0.05) is 59.1 Å². The first-order chi connectivity index (χ1) is 17.7. The smallest absolute Gasteiger partial charge is 0.338 e. The molecule has 1 fully saturated rings. The van der Waals surface area contributed by atoms with Gasteiger partial charge in [-0.3, -0.25) is 14.5 Å². The molecule has 0 aliphatic carbocycles. The highest BCUT2D eigenvalue weighted by atomic mass is 35.5. The Morgan fingerprint density at radius 3 is 2.30 bits per heavy atom. The van der Waals surface area contributed by atoms with Crippen LogP contribution in [0.3, 0.4) is 0 Å². The lowest BCUT2D eigenvalue weighted by atomic mass is 9.94. The van der Waals surface area contributed by atoms with Crippen molar-refractivity contribution in [1.82, 2.24) is 0 Å². The number of ether oxygens (including phenoxy) is 2. The van der Waals surface area contributed by atoms with Crippen molar-refractivity contribution in [2.24, 2.45) is 0 Å². The summed E-state index contributed by atoms with van der Waals surface area (Å²) in [6.45, 7) is 3.75. The quantitative estimate of drug-likeness (QED) is 0.176. The van der Waals surface area contributed by atoms with E-state index in [1.54, 1.807) is 37.3 Å². The van der Waals surface area contributed by atoms with Crippen molar-refractivity contribution in [1.29, 1.82) is 0 Å². The maximum Gasteiger partial charge on any atom is 0.338 e. The Kier molecular flexibility index (Phi) is 7.57. The minimum absolute atomic E-state index is 0.125. The number of ketones is 1. The fourth-order valence-electron chi connectivity index (χ4n) is 4.30. The van der Waals surface area contributed by atoms with Crippen molar-refractivity contribution in [2.75, 3.05) is 18.6 Å². The third-order valence-corrected chi connectivity index (χ3v) is 6.48. The Bertz CT molecular complexity index is 1430. The fourth-order valence-corrected chi connectivity index (χ4v) is 4.94. The van der Waals surface area contributed by atoms with Crippen LogP contribution >= 0.6 is 23.2 Å². The van der Waals surface area contributed by atoms with E-state index in [0.717, 1.165) is 5.56 Å². The second kappa shape index (κ2) is 10.7. The number of Topliss-reactive ketones (excluding diaryl/α,β-unsaturated/α-hetero) is 1. The van der Waals surface area contributed by atoms with Gasteiger partial charge in [-0.15, -0.1) is 0 Å². The van der Waals surface area contributed by atoms with Gasteiger partial charge >= 0.3 is 5.97 Å². The Labute approximate surface area is 223 Å². The molecule has 1 unspecified atom stereocenters. The standard InChI is InChI=1S/C28H23Cl2NO6/c1-4-37-28(35)17-9-6-10-19(12-17)31-23(16-8-5-7-15(2)11-16)22(25(33)27(31)34)24(32)18-13-20(29)26(36-3)21(30)14-18/h5-14,23,32H,4H2,1-3H3/b24-22+. The summed E-state index contributed by atoms with van der Waals surface area (Å²) in [4.78, 5) is 40.4. The summed E-state index contributed by atoms with van der Waals surface area (Å²) in [5.41, 5.74) is 2.00. The van der Waals surface area contributed by atoms with Crippen LogP contribution in [0.15, 0.2) is 66.2 Å². The van der Waals surface area contributed by atoms with E-state index in [0.29, 0.717) is 11.3 Å². The molecule has 1 aliphatic heterocycles. The molecule has 1 saturated heterocycles. The van der Waals surface area contributed by atoms with E-state index in [4.69, 9.17) is 32.7 Å². The first-order valence-corrected chi connectivity index (χ1v) is 12.1. The molecule has 37 heavy (non-hydrogen) atoms. The van der Waals surface area contributed by atoms with Crippen LogP contribution in [0.4, 0.5) is 5.69 Å². The summed E-state index contributed by atoms with van der Waals surface area (Å²) >= 11 is 12.5. The number of carbonyl (C=O) groups is 3. The Balaban J connectivity index is 1.94. The number of hydrogen-bond acceptors (Lipinski definition) is 6. The summed E-state index contributed by atoms with van der Waals surface area (Å²) in [5, 5.41) is 11.6. The molecule has 190 valence electrons. The van der Waals surface area contributed by atoms with Crippen LogP contribution in [-0.2, 0) is 14.3 Å². The monoisotopic (exact) mass is 539 g/mol. The molecule has 1 heterocycles. The molecule has 1 amide bonds. The SMILES string of the molecule is CCOC(=O)c1cccc(N2C(=O)C(=O)/C(=C(/O)c3cc(Cl)c(OC)c(Cl)c3)C2c2cccc(C)c2)c1. The lowest BCUT2D eigenvalue weighted by Gasteiger charge is -2.26. The van der Waals surface area contributed by atoms with E-state index in [1.165, 1.54) is 30.2 Å². The maximum atomic E-state index is 13.4. The summed E-state index contributed by atoms with van der Waals surface area (Å²) < 4.78 is 10.3. The van der Waals surface area contributed by atoms with Gasteiger partial charge in [-0.2, -0.15) is 0 Å². The van der Waals surface area contributed by atoms with Crippen LogP contribution in [-0.4, -0.2) is 36.5 Å². The lowest BCUT2D eigenvalue weighted by Crippen LogP contribution is -2.29. The number of amides is 1. The minimum Gasteiger partial charge on any atom is -0.507 e. The van der Waals surface area contributed by atoms with Gasteiger partial charge in [0, 0.05) is 11.3 Å². The maximum absolute atomic E-state index is 13.4. The zero-order valence-electron chi connectivity index (χ0n) is 20.2. The van der Waals surface area contributed by atoms with Gasteiger partial charge in [0.15, 0.2) is 5.75 Å². The number of aryl methyl sites for hydroxylation is 1. The van der Waals surface area contributed by atoms with Crippen molar-refractivity contribution >= 4 is 52.3 Å². The van der Waals surface area contributed by atoms with Gasteiger partial charge in [-0.05, 0) is 49.7 Å². The van der Waals surface area contributed by atoms with Crippen LogP contribution in [0, 0.1) is 6.92 Å². The molecule has 1 aliphatic rings.